The second-order valence-corrected chi connectivity index (χ2v) is 5.41. The van der Waals surface area contributed by atoms with Crippen molar-refractivity contribution in [2.75, 3.05) is 11.9 Å². The van der Waals surface area contributed by atoms with Crippen LogP contribution in [0.4, 0.5) is 5.69 Å². The van der Waals surface area contributed by atoms with Gasteiger partial charge in [-0.05, 0) is 37.1 Å². The molecular formula is C14H14N2O3S. The highest BCUT2D eigenvalue weighted by molar-refractivity contribution is 7.12. The van der Waals surface area contributed by atoms with Gasteiger partial charge in [-0.3, -0.25) is 4.79 Å². The van der Waals surface area contributed by atoms with E-state index in [1.54, 1.807) is 7.05 Å². The van der Waals surface area contributed by atoms with Crippen molar-refractivity contribution in [2.45, 2.75) is 13.8 Å². The van der Waals surface area contributed by atoms with E-state index in [1.165, 1.54) is 10.3 Å². The number of anilines is 1. The number of aryl methyl sites for hydroxylation is 2. The second-order valence-electron chi connectivity index (χ2n) is 4.55. The van der Waals surface area contributed by atoms with E-state index < -0.39 is 5.97 Å². The standard InChI is InChI=1S/C14H14N2O3S/c1-8-4-9(2)6-10(5-8)16(3)13(17)12-15-11(7-20-12)14(18)19/h4-7H,1-3H3,(H,18,19). The third-order valence-corrected chi connectivity index (χ3v) is 3.63. The van der Waals surface area contributed by atoms with Gasteiger partial charge in [-0.15, -0.1) is 11.3 Å². The lowest BCUT2D eigenvalue weighted by molar-refractivity contribution is 0.0691. The van der Waals surface area contributed by atoms with E-state index in [1.807, 2.05) is 32.0 Å². The van der Waals surface area contributed by atoms with Crippen LogP contribution in [0.3, 0.4) is 0 Å². The van der Waals surface area contributed by atoms with Gasteiger partial charge in [0, 0.05) is 18.1 Å². The summed E-state index contributed by atoms with van der Waals surface area (Å²) >= 11 is 1.03. The zero-order chi connectivity index (χ0) is 14.9. The largest absolute Gasteiger partial charge is 0.476 e. The first-order chi connectivity index (χ1) is 9.38. The van der Waals surface area contributed by atoms with Gasteiger partial charge in [0.05, 0.1) is 0 Å². The number of hydrogen-bond acceptors (Lipinski definition) is 4. The van der Waals surface area contributed by atoms with E-state index in [0.29, 0.717) is 0 Å². The molecule has 0 fully saturated rings. The van der Waals surface area contributed by atoms with Crippen LogP contribution in [-0.4, -0.2) is 29.0 Å². The summed E-state index contributed by atoms with van der Waals surface area (Å²) in [6.45, 7) is 3.92. The van der Waals surface area contributed by atoms with Crippen molar-refractivity contribution in [2.24, 2.45) is 0 Å². The molecule has 2 rings (SSSR count). The Labute approximate surface area is 120 Å². The van der Waals surface area contributed by atoms with E-state index in [-0.39, 0.29) is 16.6 Å². The minimum atomic E-state index is -1.13. The van der Waals surface area contributed by atoms with Crippen molar-refractivity contribution in [1.82, 2.24) is 4.98 Å². The Kier molecular flexibility index (Phi) is 3.85. The normalized spacial score (nSPS) is 10.3. The molecular weight excluding hydrogens is 276 g/mol. The zero-order valence-corrected chi connectivity index (χ0v) is 12.2. The average Bonchev–Trinajstić information content (AvgIpc) is 2.85. The molecule has 2 aromatic rings. The number of nitrogens with zero attached hydrogens (tertiary/aromatic N) is 2. The Morgan fingerprint density at radius 2 is 1.80 bits per heavy atom. The Bertz CT molecular complexity index is 659. The number of benzene rings is 1. The summed E-state index contributed by atoms with van der Waals surface area (Å²) in [4.78, 5) is 28.4. The van der Waals surface area contributed by atoms with Crippen LogP contribution >= 0.6 is 11.3 Å². The highest BCUT2D eigenvalue weighted by Crippen LogP contribution is 2.21. The molecule has 0 saturated carbocycles. The van der Waals surface area contributed by atoms with E-state index in [0.717, 1.165) is 28.2 Å². The average molecular weight is 290 g/mol. The molecule has 1 N–H and O–H groups in total. The first-order valence-corrected chi connectivity index (χ1v) is 6.81. The SMILES string of the molecule is Cc1cc(C)cc(N(C)C(=O)c2nc(C(=O)O)cs2)c1. The number of carbonyl (C=O) groups is 2. The molecule has 20 heavy (non-hydrogen) atoms. The number of carbonyl (C=O) groups excluding carboxylic acids is 1. The summed E-state index contributed by atoms with van der Waals surface area (Å²) < 4.78 is 0. The predicted molar refractivity (Wildman–Crippen MR) is 77.7 cm³/mol. The summed E-state index contributed by atoms with van der Waals surface area (Å²) in [5.74, 6) is -1.44. The van der Waals surface area contributed by atoms with Gasteiger partial charge < -0.3 is 10.0 Å². The predicted octanol–water partition coefficient (Wildman–Crippen LogP) is 2.73. The summed E-state index contributed by atoms with van der Waals surface area (Å²) in [6.07, 6.45) is 0. The zero-order valence-electron chi connectivity index (χ0n) is 11.4. The number of amides is 1. The molecule has 0 aliphatic carbocycles. The van der Waals surface area contributed by atoms with Gasteiger partial charge >= 0.3 is 5.97 Å². The molecule has 0 radical (unpaired) electrons. The molecule has 0 aliphatic rings. The van der Waals surface area contributed by atoms with Crippen molar-refractivity contribution >= 4 is 28.9 Å². The number of thiazole rings is 1. The van der Waals surface area contributed by atoms with Gasteiger partial charge in [0.15, 0.2) is 10.7 Å². The maximum Gasteiger partial charge on any atom is 0.355 e. The molecule has 0 bridgehead atoms. The third-order valence-electron chi connectivity index (χ3n) is 2.80. The van der Waals surface area contributed by atoms with Crippen LogP contribution < -0.4 is 4.90 Å². The van der Waals surface area contributed by atoms with E-state index in [2.05, 4.69) is 4.98 Å². The molecule has 0 atom stereocenters. The smallest absolute Gasteiger partial charge is 0.355 e. The van der Waals surface area contributed by atoms with E-state index in [9.17, 15) is 9.59 Å². The van der Waals surface area contributed by atoms with Crippen LogP contribution in [0.1, 0.15) is 31.4 Å². The number of carboxylic acid groups (broad SMARTS) is 1. The van der Waals surface area contributed by atoms with Crippen LogP contribution in [-0.2, 0) is 0 Å². The van der Waals surface area contributed by atoms with Gasteiger partial charge in [-0.25, -0.2) is 9.78 Å². The molecule has 1 aromatic carbocycles. The Balaban J connectivity index is 2.29. The molecule has 0 aliphatic heterocycles. The lowest BCUT2D eigenvalue weighted by atomic mass is 10.1. The first kappa shape index (κ1) is 14.2. The van der Waals surface area contributed by atoms with Crippen molar-refractivity contribution in [1.29, 1.82) is 0 Å². The van der Waals surface area contributed by atoms with Crippen LogP contribution in [0.25, 0.3) is 0 Å². The maximum absolute atomic E-state index is 12.3. The molecule has 5 nitrogen and oxygen atoms in total. The van der Waals surface area contributed by atoms with Gasteiger partial charge in [0.2, 0.25) is 0 Å². The fraction of sp³-hybridized carbons (Fsp3) is 0.214. The minimum Gasteiger partial charge on any atom is -0.476 e. The van der Waals surface area contributed by atoms with Gasteiger partial charge in [-0.1, -0.05) is 6.07 Å². The fourth-order valence-electron chi connectivity index (χ4n) is 1.88. The number of aromatic nitrogens is 1. The minimum absolute atomic E-state index is 0.104. The van der Waals surface area contributed by atoms with Gasteiger partial charge in [0.25, 0.3) is 5.91 Å². The summed E-state index contributed by atoms with van der Waals surface area (Å²) in [7, 11) is 1.65. The molecule has 1 amide bonds. The quantitative estimate of drug-likeness (QED) is 0.943. The molecule has 6 heteroatoms. The second kappa shape index (κ2) is 5.42. The van der Waals surface area contributed by atoms with Crippen molar-refractivity contribution < 1.29 is 14.7 Å². The monoisotopic (exact) mass is 290 g/mol. The number of aromatic carboxylic acids is 1. The highest BCUT2D eigenvalue weighted by Gasteiger charge is 2.19. The third kappa shape index (κ3) is 2.85. The molecule has 0 unspecified atom stereocenters. The van der Waals surface area contributed by atoms with E-state index in [4.69, 9.17) is 5.11 Å². The summed E-state index contributed by atoms with van der Waals surface area (Å²) in [5, 5.41) is 10.4. The fourth-order valence-corrected chi connectivity index (χ4v) is 2.64. The van der Waals surface area contributed by atoms with Gasteiger partial charge in [0.1, 0.15) is 0 Å². The molecule has 0 saturated heterocycles. The maximum atomic E-state index is 12.3. The van der Waals surface area contributed by atoms with E-state index >= 15 is 0 Å². The molecule has 0 spiro atoms. The van der Waals surface area contributed by atoms with Crippen LogP contribution in [0.2, 0.25) is 0 Å². The summed E-state index contributed by atoms with van der Waals surface area (Å²) in [5.41, 5.74) is 2.78. The van der Waals surface area contributed by atoms with Crippen molar-refractivity contribution in [3.05, 3.63) is 45.4 Å². The van der Waals surface area contributed by atoms with Gasteiger partial charge in [-0.2, -0.15) is 0 Å². The van der Waals surface area contributed by atoms with Crippen LogP contribution in [0, 0.1) is 13.8 Å². The number of hydrogen-bond donors (Lipinski definition) is 1. The molecule has 1 heterocycles. The first-order valence-electron chi connectivity index (χ1n) is 5.93. The highest BCUT2D eigenvalue weighted by atomic mass is 32.1. The lowest BCUT2D eigenvalue weighted by Gasteiger charge is -2.17. The Hall–Kier alpha value is -2.21. The Morgan fingerprint density at radius 3 is 2.30 bits per heavy atom. The number of rotatable bonds is 3. The lowest BCUT2D eigenvalue weighted by Crippen LogP contribution is -2.26. The van der Waals surface area contributed by atoms with Crippen LogP contribution in [0.15, 0.2) is 23.6 Å². The number of carboxylic acids is 1. The Morgan fingerprint density at radius 1 is 1.20 bits per heavy atom. The molecule has 1 aromatic heterocycles. The van der Waals surface area contributed by atoms with Crippen molar-refractivity contribution in [3.8, 4) is 0 Å². The molecule has 104 valence electrons. The van der Waals surface area contributed by atoms with Crippen LogP contribution in [0.5, 0.6) is 0 Å². The van der Waals surface area contributed by atoms with Crippen molar-refractivity contribution in [3.63, 3.8) is 0 Å². The topological polar surface area (TPSA) is 70.5 Å². The summed E-state index contributed by atoms with van der Waals surface area (Å²) in [6, 6.07) is 5.82.